The molecule has 114 valence electrons. The highest BCUT2D eigenvalue weighted by Gasteiger charge is 2.15. The fourth-order valence-electron chi connectivity index (χ4n) is 1.35. The third kappa shape index (κ3) is 5.89. The van der Waals surface area contributed by atoms with Crippen molar-refractivity contribution in [3.63, 3.8) is 0 Å². The number of nitrogens with one attached hydrogen (secondary N) is 3. The molecule has 1 atom stereocenters. The molecule has 0 aliphatic rings. The zero-order valence-corrected chi connectivity index (χ0v) is 12.2. The maximum absolute atomic E-state index is 11.4. The molecule has 4 N–H and O–H groups in total. The van der Waals surface area contributed by atoms with E-state index >= 15 is 0 Å². The smallest absolute Gasteiger partial charge is 0.407 e. The number of aliphatic hydroxyl groups is 1. The van der Waals surface area contributed by atoms with Crippen LogP contribution >= 0.6 is 0 Å². The van der Waals surface area contributed by atoms with Gasteiger partial charge in [0, 0.05) is 26.3 Å². The van der Waals surface area contributed by atoms with Crippen molar-refractivity contribution in [1.29, 1.82) is 0 Å². The lowest BCUT2D eigenvalue weighted by Gasteiger charge is -2.19. The van der Waals surface area contributed by atoms with Crippen molar-refractivity contribution in [3.8, 4) is 0 Å². The minimum absolute atomic E-state index is 0.393. The molecule has 0 fully saturated rings. The summed E-state index contributed by atoms with van der Waals surface area (Å²) in [5.74, 6) is 0.557. The second kappa shape index (κ2) is 7.11. The van der Waals surface area contributed by atoms with Crippen LogP contribution in [0.2, 0.25) is 0 Å². The van der Waals surface area contributed by atoms with Gasteiger partial charge in [-0.3, -0.25) is 5.10 Å². The molecule has 0 aromatic carbocycles. The highest BCUT2D eigenvalue weighted by atomic mass is 16.6. The average molecular weight is 286 g/mol. The second-order valence-electron chi connectivity index (χ2n) is 5.15. The first kappa shape index (κ1) is 16.3. The zero-order valence-electron chi connectivity index (χ0n) is 12.2. The number of ether oxygens (including phenoxy) is 2. The van der Waals surface area contributed by atoms with Gasteiger partial charge in [0.1, 0.15) is 11.4 Å². The van der Waals surface area contributed by atoms with Gasteiger partial charge in [-0.2, -0.15) is 5.10 Å². The monoisotopic (exact) mass is 286 g/mol. The maximum Gasteiger partial charge on any atom is 0.407 e. The molecule has 20 heavy (non-hydrogen) atoms. The largest absolute Gasteiger partial charge is 0.444 e. The summed E-state index contributed by atoms with van der Waals surface area (Å²) in [6, 6.07) is 1.63. The van der Waals surface area contributed by atoms with Crippen LogP contribution < -0.4 is 10.6 Å². The van der Waals surface area contributed by atoms with Crippen molar-refractivity contribution in [2.45, 2.75) is 32.7 Å². The van der Waals surface area contributed by atoms with Crippen molar-refractivity contribution in [1.82, 2.24) is 15.5 Å². The molecule has 1 amide bonds. The Hall–Kier alpha value is -1.80. The number of hydrogen-bond donors (Lipinski definition) is 4. The predicted molar refractivity (Wildman–Crippen MR) is 73.3 cm³/mol. The maximum atomic E-state index is 11.4. The molecule has 0 bridgehead atoms. The molecule has 0 aliphatic carbocycles. The summed E-state index contributed by atoms with van der Waals surface area (Å²) in [7, 11) is 1.39. The van der Waals surface area contributed by atoms with Gasteiger partial charge >= 0.3 is 6.09 Å². The lowest BCUT2D eigenvalue weighted by molar-refractivity contribution is -0.0798. The number of amides is 1. The van der Waals surface area contributed by atoms with E-state index in [0.717, 1.165) is 0 Å². The van der Waals surface area contributed by atoms with Crippen LogP contribution in [0.15, 0.2) is 6.07 Å². The number of alkyl carbamates (subject to hydrolysis) is 1. The van der Waals surface area contributed by atoms with E-state index in [1.807, 2.05) is 0 Å². The molecule has 0 saturated heterocycles. The minimum Gasteiger partial charge on any atom is -0.444 e. The van der Waals surface area contributed by atoms with Crippen LogP contribution in [0.4, 0.5) is 10.6 Å². The third-order valence-corrected chi connectivity index (χ3v) is 2.19. The lowest BCUT2D eigenvalue weighted by Crippen LogP contribution is -2.35. The van der Waals surface area contributed by atoms with Gasteiger partial charge in [0.25, 0.3) is 0 Å². The summed E-state index contributed by atoms with van der Waals surface area (Å²) in [6.07, 6.45) is -1.49. The molecule has 8 nitrogen and oxygen atoms in total. The van der Waals surface area contributed by atoms with Crippen molar-refractivity contribution in [3.05, 3.63) is 11.8 Å². The Morgan fingerprint density at radius 1 is 1.50 bits per heavy atom. The van der Waals surface area contributed by atoms with E-state index in [1.165, 1.54) is 7.11 Å². The molecule has 1 aromatic rings. The first-order valence-electron chi connectivity index (χ1n) is 6.28. The second-order valence-corrected chi connectivity index (χ2v) is 5.15. The van der Waals surface area contributed by atoms with Gasteiger partial charge in [0.15, 0.2) is 6.29 Å². The topological polar surface area (TPSA) is 108 Å². The van der Waals surface area contributed by atoms with E-state index in [1.54, 1.807) is 26.8 Å². The van der Waals surface area contributed by atoms with Crippen molar-refractivity contribution in [2.24, 2.45) is 0 Å². The SMILES string of the molecule is COC(O)c1cc(NCCNC(=O)OC(C)(C)C)n[nH]1. The van der Waals surface area contributed by atoms with Crippen LogP contribution in [0.1, 0.15) is 32.8 Å². The number of hydrogen-bond acceptors (Lipinski definition) is 6. The number of H-pyrrole nitrogens is 1. The summed E-state index contributed by atoms with van der Waals surface area (Å²) >= 11 is 0. The Kier molecular flexibility index (Phi) is 5.78. The number of carbonyl (C=O) groups excluding carboxylic acids is 1. The quantitative estimate of drug-likeness (QED) is 0.458. The number of aliphatic hydroxyl groups excluding tert-OH is 1. The van der Waals surface area contributed by atoms with Gasteiger partial charge in [-0.1, -0.05) is 0 Å². The number of carbonyl (C=O) groups is 1. The Morgan fingerprint density at radius 3 is 2.80 bits per heavy atom. The number of rotatable bonds is 6. The van der Waals surface area contributed by atoms with E-state index in [-0.39, 0.29) is 0 Å². The van der Waals surface area contributed by atoms with Crippen LogP contribution in [0.3, 0.4) is 0 Å². The Labute approximate surface area is 117 Å². The first-order chi connectivity index (χ1) is 9.31. The predicted octanol–water partition coefficient (Wildman–Crippen LogP) is 0.984. The molecule has 1 aromatic heterocycles. The Morgan fingerprint density at radius 2 is 2.20 bits per heavy atom. The van der Waals surface area contributed by atoms with E-state index in [4.69, 9.17) is 9.47 Å². The molecule has 0 saturated carbocycles. The van der Waals surface area contributed by atoms with Crippen LogP contribution in [0.25, 0.3) is 0 Å². The summed E-state index contributed by atoms with van der Waals surface area (Å²) in [6.45, 7) is 6.28. The summed E-state index contributed by atoms with van der Waals surface area (Å²) in [4.78, 5) is 11.4. The molecule has 0 spiro atoms. The van der Waals surface area contributed by atoms with E-state index in [0.29, 0.717) is 24.6 Å². The van der Waals surface area contributed by atoms with E-state index < -0.39 is 18.0 Å². The minimum atomic E-state index is -1.03. The highest BCUT2D eigenvalue weighted by molar-refractivity contribution is 5.67. The fraction of sp³-hybridized carbons (Fsp3) is 0.667. The molecule has 1 unspecified atom stereocenters. The Bertz CT molecular complexity index is 427. The normalized spacial score (nSPS) is 12.8. The van der Waals surface area contributed by atoms with Gasteiger partial charge < -0.3 is 25.2 Å². The van der Waals surface area contributed by atoms with E-state index in [9.17, 15) is 9.90 Å². The Balaban J connectivity index is 2.24. The van der Waals surface area contributed by atoms with Gasteiger partial charge in [0.2, 0.25) is 0 Å². The van der Waals surface area contributed by atoms with Crippen molar-refractivity contribution >= 4 is 11.9 Å². The van der Waals surface area contributed by atoms with Crippen molar-refractivity contribution in [2.75, 3.05) is 25.5 Å². The number of aromatic nitrogens is 2. The van der Waals surface area contributed by atoms with E-state index in [2.05, 4.69) is 20.8 Å². The molecule has 1 rings (SSSR count). The van der Waals surface area contributed by atoms with Gasteiger partial charge in [-0.05, 0) is 20.8 Å². The highest BCUT2D eigenvalue weighted by Crippen LogP contribution is 2.13. The number of anilines is 1. The third-order valence-electron chi connectivity index (χ3n) is 2.19. The van der Waals surface area contributed by atoms with Crippen LogP contribution in [0.5, 0.6) is 0 Å². The molecular formula is C12H22N4O4. The number of nitrogens with zero attached hydrogens (tertiary/aromatic N) is 1. The summed E-state index contributed by atoms with van der Waals surface area (Å²) in [5, 5.41) is 21.6. The number of methoxy groups -OCH3 is 1. The van der Waals surface area contributed by atoms with Crippen LogP contribution in [0, 0.1) is 0 Å². The fourth-order valence-corrected chi connectivity index (χ4v) is 1.35. The lowest BCUT2D eigenvalue weighted by atomic mass is 10.2. The standard InChI is InChI=1S/C12H22N4O4/c1-12(2,3)20-11(18)14-6-5-13-9-7-8(15-16-9)10(17)19-4/h7,10,17H,5-6H2,1-4H3,(H,14,18)(H2,13,15,16). The summed E-state index contributed by atoms with van der Waals surface area (Å²) in [5.41, 5.74) is -0.0552. The summed E-state index contributed by atoms with van der Waals surface area (Å²) < 4.78 is 9.83. The average Bonchev–Trinajstić information content (AvgIpc) is 2.80. The molecule has 0 aliphatic heterocycles. The molecule has 8 heteroatoms. The van der Waals surface area contributed by atoms with Gasteiger partial charge in [0.05, 0.1) is 5.69 Å². The molecule has 1 heterocycles. The van der Waals surface area contributed by atoms with Gasteiger partial charge in [-0.15, -0.1) is 0 Å². The van der Waals surface area contributed by atoms with Crippen LogP contribution in [-0.2, 0) is 9.47 Å². The first-order valence-corrected chi connectivity index (χ1v) is 6.28. The number of aromatic amines is 1. The van der Waals surface area contributed by atoms with Crippen molar-refractivity contribution < 1.29 is 19.4 Å². The van der Waals surface area contributed by atoms with Crippen LogP contribution in [-0.4, -0.2) is 47.2 Å². The molecular weight excluding hydrogens is 264 g/mol. The molecule has 0 radical (unpaired) electrons. The zero-order chi connectivity index (χ0) is 15.2. The van der Waals surface area contributed by atoms with Gasteiger partial charge in [-0.25, -0.2) is 4.79 Å².